The maximum Gasteiger partial charge on any atom is 0.214 e. The second-order valence-electron chi connectivity index (χ2n) is 2.84. The SMILES string of the molecule is C=C/C(=N/C(=N)c1ccc(F)c(Br)c1)OC. The van der Waals surface area contributed by atoms with Crippen LogP contribution in [0.2, 0.25) is 0 Å². The predicted octanol–water partition coefficient (Wildman–Crippen LogP) is 3.14. The van der Waals surface area contributed by atoms with Gasteiger partial charge >= 0.3 is 0 Å². The van der Waals surface area contributed by atoms with E-state index < -0.39 is 0 Å². The third kappa shape index (κ3) is 3.00. The normalized spacial score (nSPS) is 11.1. The van der Waals surface area contributed by atoms with Crippen molar-refractivity contribution >= 4 is 27.7 Å². The first-order valence-corrected chi connectivity index (χ1v) is 5.17. The van der Waals surface area contributed by atoms with Crippen LogP contribution in [0.3, 0.4) is 0 Å². The molecular weight excluding hydrogens is 275 g/mol. The number of rotatable bonds is 2. The Balaban J connectivity index is 3.01. The lowest BCUT2D eigenvalue weighted by molar-refractivity contribution is 0.408. The van der Waals surface area contributed by atoms with Crippen LogP contribution in [-0.2, 0) is 4.74 Å². The molecule has 0 aromatic heterocycles. The summed E-state index contributed by atoms with van der Waals surface area (Å²) in [6.45, 7) is 3.49. The van der Waals surface area contributed by atoms with Crippen molar-refractivity contribution in [1.29, 1.82) is 5.41 Å². The van der Waals surface area contributed by atoms with Gasteiger partial charge in [-0.3, -0.25) is 5.41 Å². The summed E-state index contributed by atoms with van der Waals surface area (Å²) in [5.74, 6) is -0.154. The number of halogens is 2. The van der Waals surface area contributed by atoms with Crippen molar-refractivity contribution in [3.63, 3.8) is 0 Å². The lowest BCUT2D eigenvalue weighted by Crippen LogP contribution is -2.03. The predicted molar refractivity (Wildman–Crippen MR) is 65.6 cm³/mol. The maximum absolute atomic E-state index is 13.0. The number of aliphatic imine (C=N–C) groups is 1. The third-order valence-corrected chi connectivity index (χ3v) is 2.41. The Labute approximate surface area is 101 Å². The number of amidine groups is 1. The quantitative estimate of drug-likeness (QED) is 0.658. The van der Waals surface area contributed by atoms with Gasteiger partial charge < -0.3 is 4.74 Å². The maximum atomic E-state index is 13.0. The van der Waals surface area contributed by atoms with Gasteiger partial charge in [0.15, 0.2) is 5.84 Å². The summed E-state index contributed by atoms with van der Waals surface area (Å²) in [5.41, 5.74) is 0.490. The van der Waals surface area contributed by atoms with Crippen molar-refractivity contribution < 1.29 is 9.13 Å². The summed E-state index contributed by atoms with van der Waals surface area (Å²) >= 11 is 3.04. The van der Waals surface area contributed by atoms with Crippen molar-refractivity contribution in [1.82, 2.24) is 0 Å². The van der Waals surface area contributed by atoms with Crippen molar-refractivity contribution in [2.75, 3.05) is 7.11 Å². The van der Waals surface area contributed by atoms with E-state index in [-0.39, 0.29) is 17.6 Å². The van der Waals surface area contributed by atoms with Gasteiger partial charge in [0, 0.05) is 5.56 Å². The summed E-state index contributed by atoms with van der Waals surface area (Å²) in [7, 11) is 1.44. The molecule has 0 atom stereocenters. The van der Waals surface area contributed by atoms with Crippen LogP contribution in [0.25, 0.3) is 0 Å². The van der Waals surface area contributed by atoms with Gasteiger partial charge in [0.25, 0.3) is 0 Å². The minimum absolute atomic E-state index is 0.0162. The Bertz CT molecular complexity index is 457. The molecule has 1 aromatic rings. The van der Waals surface area contributed by atoms with Gasteiger partial charge in [-0.25, -0.2) is 4.39 Å². The summed E-state index contributed by atoms with van der Waals surface area (Å²) in [6.07, 6.45) is 1.40. The lowest BCUT2D eigenvalue weighted by Gasteiger charge is -2.02. The molecule has 0 bridgehead atoms. The Morgan fingerprint density at radius 3 is 2.81 bits per heavy atom. The molecule has 1 rings (SSSR count). The second-order valence-corrected chi connectivity index (χ2v) is 3.69. The molecule has 1 N–H and O–H groups in total. The molecule has 3 nitrogen and oxygen atoms in total. The van der Waals surface area contributed by atoms with Crippen LogP contribution >= 0.6 is 15.9 Å². The Hall–Kier alpha value is -1.49. The number of hydrogen-bond donors (Lipinski definition) is 1. The van der Waals surface area contributed by atoms with E-state index in [4.69, 9.17) is 10.1 Å². The van der Waals surface area contributed by atoms with E-state index in [1.165, 1.54) is 31.4 Å². The van der Waals surface area contributed by atoms with Crippen molar-refractivity contribution in [3.05, 3.63) is 46.7 Å². The Morgan fingerprint density at radius 1 is 1.62 bits per heavy atom. The summed E-state index contributed by atoms with van der Waals surface area (Å²) in [5, 5.41) is 7.68. The minimum Gasteiger partial charge on any atom is -0.481 e. The molecule has 0 radical (unpaired) electrons. The van der Waals surface area contributed by atoms with Crippen molar-refractivity contribution in [2.45, 2.75) is 0 Å². The fraction of sp³-hybridized carbons (Fsp3) is 0.0909. The molecule has 0 unspecified atom stereocenters. The zero-order chi connectivity index (χ0) is 12.1. The largest absolute Gasteiger partial charge is 0.481 e. The smallest absolute Gasteiger partial charge is 0.214 e. The molecule has 16 heavy (non-hydrogen) atoms. The monoisotopic (exact) mass is 284 g/mol. The first kappa shape index (κ1) is 12.6. The number of hydrogen-bond acceptors (Lipinski definition) is 2. The van der Waals surface area contributed by atoms with Gasteiger partial charge in [-0.2, -0.15) is 4.99 Å². The lowest BCUT2D eigenvalue weighted by atomic mass is 10.2. The zero-order valence-electron chi connectivity index (χ0n) is 8.63. The van der Waals surface area contributed by atoms with Gasteiger partial charge in [0.2, 0.25) is 5.90 Å². The van der Waals surface area contributed by atoms with E-state index in [0.29, 0.717) is 10.0 Å². The number of benzene rings is 1. The second kappa shape index (κ2) is 5.55. The highest BCUT2D eigenvalue weighted by Crippen LogP contribution is 2.17. The molecule has 0 spiro atoms. The molecule has 0 aliphatic rings. The summed E-state index contributed by atoms with van der Waals surface area (Å²) < 4.78 is 18.1. The molecule has 0 aliphatic carbocycles. The molecule has 0 aliphatic heterocycles. The average molecular weight is 285 g/mol. The minimum atomic E-state index is -0.379. The molecule has 0 saturated carbocycles. The standard InChI is InChI=1S/C11H10BrFN2O/c1-3-10(16-2)15-11(14)7-4-5-9(13)8(12)6-7/h3-6,14H,1H2,2H3/b14-11?,15-10-. The first-order valence-electron chi connectivity index (χ1n) is 4.37. The van der Waals surface area contributed by atoms with E-state index in [1.807, 2.05) is 0 Å². The van der Waals surface area contributed by atoms with Gasteiger partial charge in [-0.05, 0) is 40.2 Å². The van der Waals surface area contributed by atoms with Gasteiger partial charge in [-0.1, -0.05) is 6.58 Å². The van der Waals surface area contributed by atoms with Crippen LogP contribution in [0, 0.1) is 11.2 Å². The molecule has 1 aromatic carbocycles. The van der Waals surface area contributed by atoms with Gasteiger partial charge in [0.1, 0.15) is 5.82 Å². The fourth-order valence-corrected chi connectivity index (χ4v) is 1.37. The number of ether oxygens (including phenoxy) is 1. The summed E-state index contributed by atoms with van der Waals surface area (Å²) in [6, 6.07) is 4.23. The molecule has 0 fully saturated rings. The van der Waals surface area contributed by atoms with Gasteiger partial charge in [-0.15, -0.1) is 0 Å². The topological polar surface area (TPSA) is 45.4 Å². The number of methoxy groups -OCH3 is 1. The Morgan fingerprint density at radius 2 is 2.31 bits per heavy atom. The number of nitrogens with one attached hydrogen (secondary N) is 1. The van der Waals surface area contributed by atoms with E-state index >= 15 is 0 Å². The highest BCUT2D eigenvalue weighted by Gasteiger charge is 2.05. The molecule has 0 amide bonds. The highest BCUT2D eigenvalue weighted by molar-refractivity contribution is 9.10. The molecule has 84 valence electrons. The first-order chi connectivity index (χ1) is 7.58. The van der Waals surface area contributed by atoms with Crippen molar-refractivity contribution in [3.8, 4) is 0 Å². The van der Waals surface area contributed by atoms with Crippen LogP contribution in [-0.4, -0.2) is 18.8 Å². The van der Waals surface area contributed by atoms with E-state index in [1.54, 1.807) is 0 Å². The van der Waals surface area contributed by atoms with E-state index in [0.717, 1.165) is 0 Å². The van der Waals surface area contributed by atoms with Crippen molar-refractivity contribution in [2.24, 2.45) is 4.99 Å². The number of nitrogens with zero attached hydrogens (tertiary/aromatic N) is 1. The van der Waals surface area contributed by atoms with Crippen LogP contribution in [0.1, 0.15) is 5.56 Å². The molecular formula is C11H10BrFN2O. The van der Waals surface area contributed by atoms with Crippen LogP contribution in [0.15, 0.2) is 40.3 Å². The third-order valence-electron chi connectivity index (χ3n) is 1.80. The van der Waals surface area contributed by atoms with Crippen LogP contribution in [0.4, 0.5) is 4.39 Å². The zero-order valence-corrected chi connectivity index (χ0v) is 10.2. The fourth-order valence-electron chi connectivity index (χ4n) is 0.993. The highest BCUT2D eigenvalue weighted by atomic mass is 79.9. The molecule has 5 heteroatoms. The van der Waals surface area contributed by atoms with Gasteiger partial charge in [0.05, 0.1) is 11.6 Å². The molecule has 0 saturated heterocycles. The van der Waals surface area contributed by atoms with Crippen LogP contribution < -0.4 is 0 Å². The summed E-state index contributed by atoms with van der Waals surface area (Å²) in [4.78, 5) is 3.87. The van der Waals surface area contributed by atoms with E-state index in [9.17, 15) is 4.39 Å². The average Bonchev–Trinajstić information content (AvgIpc) is 2.29. The van der Waals surface area contributed by atoms with Crippen LogP contribution in [0.5, 0.6) is 0 Å². The van der Waals surface area contributed by atoms with E-state index in [2.05, 4.69) is 27.5 Å². The molecule has 0 heterocycles. The Kier molecular flexibility index (Phi) is 4.37.